The maximum Gasteiger partial charge on any atom is 0.235 e. The van der Waals surface area contributed by atoms with Gasteiger partial charge in [0.15, 0.2) is 0 Å². The van der Waals surface area contributed by atoms with Gasteiger partial charge < -0.3 is 5.32 Å². The summed E-state index contributed by atoms with van der Waals surface area (Å²) in [5.74, 6) is -0.926. The van der Waals surface area contributed by atoms with Gasteiger partial charge in [-0.05, 0) is 30.5 Å². The third kappa shape index (κ3) is 5.87. The van der Waals surface area contributed by atoms with Crippen LogP contribution in [-0.4, -0.2) is 31.4 Å². The number of nitrogens with zero attached hydrogens (tertiary/aromatic N) is 1. The van der Waals surface area contributed by atoms with Crippen LogP contribution in [0.5, 0.6) is 0 Å². The minimum atomic E-state index is -3.68. The molecule has 7 heteroatoms. The number of benzene rings is 2. The third-order valence-corrected chi connectivity index (χ3v) is 5.60. The molecule has 0 fully saturated rings. The van der Waals surface area contributed by atoms with Gasteiger partial charge in [-0.3, -0.25) is 4.79 Å². The molecule has 0 heterocycles. The molecule has 0 saturated heterocycles. The predicted molar refractivity (Wildman–Crippen MR) is 104 cm³/mol. The van der Waals surface area contributed by atoms with Gasteiger partial charge in [0.1, 0.15) is 5.82 Å². The van der Waals surface area contributed by atoms with Crippen molar-refractivity contribution in [2.75, 3.05) is 12.8 Å². The van der Waals surface area contributed by atoms with Crippen LogP contribution < -0.4 is 5.32 Å². The van der Waals surface area contributed by atoms with E-state index < -0.39 is 21.7 Å². The first-order valence-corrected chi connectivity index (χ1v) is 10.6. The number of nitrogens with one attached hydrogen (secondary N) is 1. The van der Waals surface area contributed by atoms with E-state index >= 15 is 0 Å². The molecule has 0 aliphatic heterocycles. The van der Waals surface area contributed by atoms with Crippen LogP contribution in [0.4, 0.5) is 4.39 Å². The number of amides is 1. The zero-order chi connectivity index (χ0) is 20.0. The summed E-state index contributed by atoms with van der Waals surface area (Å²) < 4.78 is 39.0. The van der Waals surface area contributed by atoms with E-state index in [0.29, 0.717) is 6.42 Å². The SMILES string of the molecule is CC[C@H](NC(=O)CN(Cc1ccccc1F)S(C)(=O)=O)c1ccccc1C. The van der Waals surface area contributed by atoms with Crippen molar-refractivity contribution in [2.24, 2.45) is 0 Å². The van der Waals surface area contributed by atoms with Crippen LogP contribution >= 0.6 is 0 Å². The van der Waals surface area contributed by atoms with E-state index in [1.807, 2.05) is 38.1 Å². The number of aryl methyl sites for hydroxylation is 1. The van der Waals surface area contributed by atoms with Crippen molar-refractivity contribution in [3.05, 3.63) is 71.0 Å². The van der Waals surface area contributed by atoms with Gasteiger partial charge in [-0.1, -0.05) is 49.4 Å². The summed E-state index contributed by atoms with van der Waals surface area (Å²) in [6.45, 7) is 3.35. The molecular weight excluding hydrogens is 367 g/mol. The molecule has 5 nitrogen and oxygen atoms in total. The van der Waals surface area contributed by atoms with Crippen molar-refractivity contribution in [3.8, 4) is 0 Å². The molecule has 146 valence electrons. The number of halogens is 1. The van der Waals surface area contributed by atoms with Crippen molar-refractivity contribution < 1.29 is 17.6 Å². The lowest BCUT2D eigenvalue weighted by Gasteiger charge is -2.23. The van der Waals surface area contributed by atoms with Crippen molar-refractivity contribution >= 4 is 15.9 Å². The normalized spacial score (nSPS) is 12.8. The molecule has 0 aromatic heterocycles. The minimum absolute atomic E-state index is 0.194. The quantitative estimate of drug-likeness (QED) is 0.750. The highest BCUT2D eigenvalue weighted by Crippen LogP contribution is 2.20. The summed E-state index contributed by atoms with van der Waals surface area (Å²) in [6, 6.07) is 13.4. The maximum absolute atomic E-state index is 13.9. The Morgan fingerprint density at radius 1 is 1.15 bits per heavy atom. The Labute approximate surface area is 160 Å². The van der Waals surface area contributed by atoms with Crippen molar-refractivity contribution in [2.45, 2.75) is 32.9 Å². The molecule has 1 amide bonds. The molecule has 0 aliphatic rings. The molecule has 0 unspecified atom stereocenters. The van der Waals surface area contributed by atoms with E-state index in [2.05, 4.69) is 5.32 Å². The lowest BCUT2D eigenvalue weighted by Crippen LogP contribution is -2.41. The highest BCUT2D eigenvalue weighted by molar-refractivity contribution is 7.88. The van der Waals surface area contributed by atoms with Crippen LogP contribution in [-0.2, 0) is 21.4 Å². The highest BCUT2D eigenvalue weighted by atomic mass is 32.2. The highest BCUT2D eigenvalue weighted by Gasteiger charge is 2.23. The predicted octanol–water partition coefficient (Wildman–Crippen LogP) is 3.16. The number of carbonyl (C=O) groups is 1. The molecule has 2 rings (SSSR count). The summed E-state index contributed by atoms with van der Waals surface area (Å²) in [5, 5.41) is 2.89. The fourth-order valence-electron chi connectivity index (χ4n) is 2.88. The first-order valence-electron chi connectivity index (χ1n) is 8.75. The van der Waals surface area contributed by atoms with Crippen LogP contribution in [0.2, 0.25) is 0 Å². The van der Waals surface area contributed by atoms with E-state index in [9.17, 15) is 17.6 Å². The summed E-state index contributed by atoms with van der Waals surface area (Å²) in [7, 11) is -3.68. The topological polar surface area (TPSA) is 66.5 Å². The number of carbonyl (C=O) groups excluding carboxylic acids is 1. The van der Waals surface area contributed by atoms with Crippen LogP contribution in [0.3, 0.4) is 0 Å². The molecule has 0 bridgehead atoms. The Morgan fingerprint density at radius 2 is 1.78 bits per heavy atom. The standard InChI is InChI=1S/C20H25FN2O3S/c1-4-19(17-11-7-5-9-15(17)2)22-20(24)14-23(27(3,25)26)13-16-10-6-8-12-18(16)21/h5-12,19H,4,13-14H2,1-3H3,(H,22,24)/t19-/m0/s1. The van der Waals surface area contributed by atoms with Crippen molar-refractivity contribution in [1.82, 2.24) is 9.62 Å². The van der Waals surface area contributed by atoms with Gasteiger partial charge >= 0.3 is 0 Å². The summed E-state index contributed by atoms with van der Waals surface area (Å²) in [6.07, 6.45) is 1.68. The Kier molecular flexibility index (Phi) is 7.10. The average Bonchev–Trinajstić information content (AvgIpc) is 2.61. The van der Waals surface area contributed by atoms with E-state index in [-0.39, 0.29) is 24.7 Å². The fourth-order valence-corrected chi connectivity index (χ4v) is 3.61. The van der Waals surface area contributed by atoms with Gasteiger partial charge in [0.2, 0.25) is 15.9 Å². The average molecular weight is 392 g/mol. The van der Waals surface area contributed by atoms with Crippen LogP contribution in [0.25, 0.3) is 0 Å². The number of hydrogen-bond acceptors (Lipinski definition) is 3. The molecular formula is C20H25FN2O3S. The Morgan fingerprint density at radius 3 is 2.37 bits per heavy atom. The van der Waals surface area contributed by atoms with Crippen LogP contribution in [0.1, 0.15) is 36.1 Å². The van der Waals surface area contributed by atoms with Crippen LogP contribution in [0, 0.1) is 12.7 Å². The molecule has 0 saturated carbocycles. The molecule has 2 aromatic rings. The largest absolute Gasteiger partial charge is 0.348 e. The molecule has 27 heavy (non-hydrogen) atoms. The Bertz CT molecular complexity index is 900. The summed E-state index contributed by atoms with van der Waals surface area (Å²) >= 11 is 0. The fraction of sp³-hybridized carbons (Fsp3) is 0.350. The molecule has 0 radical (unpaired) electrons. The first kappa shape index (κ1) is 21.1. The van der Waals surface area contributed by atoms with E-state index in [1.165, 1.54) is 18.2 Å². The smallest absolute Gasteiger partial charge is 0.235 e. The zero-order valence-corrected chi connectivity index (χ0v) is 16.6. The lowest BCUT2D eigenvalue weighted by atomic mass is 9.99. The van der Waals surface area contributed by atoms with Gasteiger partial charge in [0, 0.05) is 12.1 Å². The second-order valence-corrected chi connectivity index (χ2v) is 8.49. The van der Waals surface area contributed by atoms with Gasteiger partial charge in [0.05, 0.1) is 18.8 Å². The third-order valence-electron chi connectivity index (χ3n) is 4.40. The number of sulfonamides is 1. The van der Waals surface area contributed by atoms with E-state index in [0.717, 1.165) is 21.7 Å². The minimum Gasteiger partial charge on any atom is -0.348 e. The second kappa shape index (κ2) is 9.10. The zero-order valence-electron chi connectivity index (χ0n) is 15.8. The van der Waals surface area contributed by atoms with Crippen molar-refractivity contribution in [1.29, 1.82) is 0 Å². The number of hydrogen-bond donors (Lipinski definition) is 1. The number of rotatable bonds is 8. The first-order chi connectivity index (χ1) is 12.7. The molecule has 2 aromatic carbocycles. The summed E-state index contributed by atoms with van der Waals surface area (Å²) in [5.41, 5.74) is 2.27. The molecule has 0 spiro atoms. The Hall–Kier alpha value is -2.25. The molecule has 1 atom stereocenters. The van der Waals surface area contributed by atoms with Gasteiger partial charge in [0.25, 0.3) is 0 Å². The van der Waals surface area contributed by atoms with Crippen molar-refractivity contribution in [3.63, 3.8) is 0 Å². The maximum atomic E-state index is 13.9. The van der Waals surface area contributed by atoms with Gasteiger partial charge in [-0.2, -0.15) is 4.31 Å². The molecule has 1 N–H and O–H groups in total. The monoisotopic (exact) mass is 392 g/mol. The van der Waals surface area contributed by atoms with Gasteiger partial charge in [-0.15, -0.1) is 0 Å². The van der Waals surface area contributed by atoms with Gasteiger partial charge in [-0.25, -0.2) is 12.8 Å². The summed E-state index contributed by atoms with van der Waals surface area (Å²) in [4.78, 5) is 12.5. The van der Waals surface area contributed by atoms with E-state index in [1.54, 1.807) is 6.07 Å². The lowest BCUT2D eigenvalue weighted by molar-refractivity contribution is -0.122. The second-order valence-electron chi connectivity index (χ2n) is 6.51. The molecule has 0 aliphatic carbocycles. The van der Waals surface area contributed by atoms with Crippen LogP contribution in [0.15, 0.2) is 48.5 Å². The Balaban J connectivity index is 2.14. The van der Waals surface area contributed by atoms with E-state index in [4.69, 9.17) is 0 Å².